The number of nitrogens with one attached hydrogen (secondary N) is 1. The molecular formula is C19H25N3O3. The minimum absolute atomic E-state index is 0.00509. The molecule has 1 aliphatic heterocycles. The lowest BCUT2D eigenvalue weighted by Crippen LogP contribution is -2.39. The van der Waals surface area contributed by atoms with Crippen LogP contribution in [-0.2, 0) is 4.74 Å². The van der Waals surface area contributed by atoms with Crippen LogP contribution in [0.25, 0.3) is 0 Å². The zero-order valence-corrected chi connectivity index (χ0v) is 14.8. The van der Waals surface area contributed by atoms with Gasteiger partial charge in [-0.2, -0.15) is 0 Å². The fourth-order valence-electron chi connectivity index (χ4n) is 3.05. The average molecular weight is 343 g/mol. The van der Waals surface area contributed by atoms with Crippen LogP contribution in [0.2, 0.25) is 0 Å². The molecular weight excluding hydrogens is 318 g/mol. The first-order chi connectivity index (χ1) is 12.2. The molecule has 1 N–H and O–H groups in total. The third kappa shape index (κ3) is 4.21. The predicted octanol–water partition coefficient (Wildman–Crippen LogP) is 2.15. The Bertz CT molecular complexity index is 679. The molecule has 0 saturated carbocycles. The van der Waals surface area contributed by atoms with Gasteiger partial charge < -0.3 is 19.4 Å². The largest absolute Gasteiger partial charge is 0.468 e. The van der Waals surface area contributed by atoms with Crippen LogP contribution >= 0.6 is 0 Å². The van der Waals surface area contributed by atoms with Crippen molar-refractivity contribution in [3.8, 4) is 0 Å². The van der Waals surface area contributed by atoms with Gasteiger partial charge in [0, 0.05) is 25.3 Å². The number of hydrogen-bond donors (Lipinski definition) is 1. The second kappa shape index (κ2) is 8.18. The van der Waals surface area contributed by atoms with Gasteiger partial charge in [-0.3, -0.25) is 9.69 Å². The van der Waals surface area contributed by atoms with Crippen LogP contribution in [0.4, 0.5) is 5.69 Å². The van der Waals surface area contributed by atoms with Crippen molar-refractivity contribution in [3.63, 3.8) is 0 Å². The molecule has 1 aromatic carbocycles. The van der Waals surface area contributed by atoms with Gasteiger partial charge in [-0.15, -0.1) is 0 Å². The SMILES string of the molecule is CN(C)[C@H](CNC(=O)c1ccccc1N1CCOCC1)c1ccco1. The van der Waals surface area contributed by atoms with Gasteiger partial charge in [-0.1, -0.05) is 12.1 Å². The molecule has 0 bridgehead atoms. The Morgan fingerprint density at radius 3 is 2.64 bits per heavy atom. The molecule has 0 aliphatic carbocycles. The number of benzene rings is 1. The number of ether oxygens (including phenoxy) is 1. The Hall–Kier alpha value is -2.31. The van der Waals surface area contributed by atoms with Crippen molar-refractivity contribution in [1.82, 2.24) is 10.2 Å². The lowest BCUT2D eigenvalue weighted by molar-refractivity contribution is 0.0937. The molecule has 0 radical (unpaired) electrons. The van der Waals surface area contributed by atoms with Crippen LogP contribution in [0.5, 0.6) is 0 Å². The number of furan rings is 1. The van der Waals surface area contributed by atoms with E-state index in [0.29, 0.717) is 25.3 Å². The molecule has 0 spiro atoms. The minimum atomic E-state index is -0.0690. The molecule has 2 aromatic rings. The number of morpholine rings is 1. The fraction of sp³-hybridized carbons (Fsp3) is 0.421. The van der Waals surface area contributed by atoms with Gasteiger partial charge in [0.1, 0.15) is 5.76 Å². The Balaban J connectivity index is 1.71. The Morgan fingerprint density at radius 2 is 1.96 bits per heavy atom. The third-order valence-corrected chi connectivity index (χ3v) is 4.45. The molecule has 1 saturated heterocycles. The molecule has 6 heteroatoms. The highest BCUT2D eigenvalue weighted by molar-refractivity contribution is 5.99. The summed E-state index contributed by atoms with van der Waals surface area (Å²) in [6, 6.07) is 11.5. The minimum Gasteiger partial charge on any atom is -0.468 e. The van der Waals surface area contributed by atoms with E-state index in [1.165, 1.54) is 0 Å². The molecule has 25 heavy (non-hydrogen) atoms. The van der Waals surface area contributed by atoms with Gasteiger partial charge in [0.05, 0.1) is 31.1 Å². The summed E-state index contributed by atoms with van der Waals surface area (Å²) in [5, 5.41) is 3.05. The van der Waals surface area contributed by atoms with E-state index in [1.807, 2.05) is 55.4 Å². The first-order valence-electron chi connectivity index (χ1n) is 8.56. The highest BCUT2D eigenvalue weighted by Crippen LogP contribution is 2.22. The van der Waals surface area contributed by atoms with Gasteiger partial charge in [0.2, 0.25) is 0 Å². The summed E-state index contributed by atoms with van der Waals surface area (Å²) in [7, 11) is 3.95. The third-order valence-electron chi connectivity index (χ3n) is 4.45. The summed E-state index contributed by atoms with van der Waals surface area (Å²) in [6.07, 6.45) is 1.65. The standard InChI is InChI=1S/C19H25N3O3/c1-21(2)17(18-8-5-11-25-18)14-20-19(23)15-6-3-4-7-16(15)22-9-12-24-13-10-22/h3-8,11,17H,9-10,12-14H2,1-2H3,(H,20,23)/t17-/m1/s1. The van der Waals surface area contributed by atoms with E-state index in [4.69, 9.17) is 9.15 Å². The summed E-state index contributed by atoms with van der Waals surface area (Å²) in [5.74, 6) is 0.771. The monoisotopic (exact) mass is 343 g/mol. The van der Waals surface area contributed by atoms with Crippen molar-refractivity contribution in [2.45, 2.75) is 6.04 Å². The Morgan fingerprint density at radius 1 is 1.20 bits per heavy atom. The molecule has 2 heterocycles. The molecule has 0 unspecified atom stereocenters. The van der Waals surface area contributed by atoms with Crippen LogP contribution in [0.3, 0.4) is 0 Å². The second-order valence-electron chi connectivity index (χ2n) is 6.32. The molecule has 1 atom stereocenters. The number of likely N-dealkylation sites (N-methyl/N-ethyl adjacent to an activating group) is 1. The lowest BCUT2D eigenvalue weighted by Gasteiger charge is -2.30. The maximum atomic E-state index is 12.8. The topological polar surface area (TPSA) is 58.0 Å². The van der Waals surface area contributed by atoms with Gasteiger partial charge in [-0.05, 0) is 38.4 Å². The maximum Gasteiger partial charge on any atom is 0.253 e. The number of para-hydroxylation sites is 1. The Kier molecular flexibility index (Phi) is 5.73. The van der Waals surface area contributed by atoms with Gasteiger partial charge in [0.25, 0.3) is 5.91 Å². The zero-order chi connectivity index (χ0) is 17.6. The van der Waals surface area contributed by atoms with Gasteiger partial charge in [0.15, 0.2) is 0 Å². The van der Waals surface area contributed by atoms with E-state index >= 15 is 0 Å². The van der Waals surface area contributed by atoms with E-state index in [2.05, 4.69) is 10.2 Å². The predicted molar refractivity (Wildman–Crippen MR) is 96.9 cm³/mol. The quantitative estimate of drug-likeness (QED) is 0.871. The van der Waals surface area contributed by atoms with Crippen molar-refractivity contribution in [2.24, 2.45) is 0 Å². The van der Waals surface area contributed by atoms with E-state index in [0.717, 1.165) is 24.5 Å². The number of carbonyl (C=O) groups excluding carboxylic acids is 1. The van der Waals surface area contributed by atoms with Crippen molar-refractivity contribution < 1.29 is 13.9 Å². The van der Waals surface area contributed by atoms with E-state index in [1.54, 1.807) is 6.26 Å². The number of rotatable bonds is 6. The normalized spacial score (nSPS) is 16.0. The average Bonchev–Trinajstić information content (AvgIpc) is 3.16. The first-order valence-corrected chi connectivity index (χ1v) is 8.56. The summed E-state index contributed by atoms with van der Waals surface area (Å²) >= 11 is 0. The van der Waals surface area contributed by atoms with Crippen molar-refractivity contribution in [2.75, 3.05) is 51.8 Å². The molecule has 6 nitrogen and oxygen atoms in total. The van der Waals surface area contributed by atoms with Crippen LogP contribution in [-0.4, -0.2) is 57.8 Å². The summed E-state index contributed by atoms with van der Waals surface area (Å²) < 4.78 is 10.9. The maximum absolute atomic E-state index is 12.8. The molecule has 1 aliphatic rings. The van der Waals surface area contributed by atoms with Crippen molar-refractivity contribution in [3.05, 3.63) is 54.0 Å². The molecule has 1 fully saturated rings. The van der Waals surface area contributed by atoms with E-state index in [-0.39, 0.29) is 11.9 Å². The zero-order valence-electron chi connectivity index (χ0n) is 14.8. The number of carbonyl (C=O) groups is 1. The Labute approximate surface area is 148 Å². The first kappa shape index (κ1) is 17.5. The number of hydrogen-bond acceptors (Lipinski definition) is 5. The summed E-state index contributed by atoms with van der Waals surface area (Å²) in [4.78, 5) is 17.0. The lowest BCUT2D eigenvalue weighted by atomic mass is 10.1. The smallest absolute Gasteiger partial charge is 0.253 e. The molecule has 1 amide bonds. The van der Waals surface area contributed by atoms with E-state index in [9.17, 15) is 4.79 Å². The highest BCUT2D eigenvalue weighted by Gasteiger charge is 2.21. The van der Waals surface area contributed by atoms with Crippen LogP contribution < -0.4 is 10.2 Å². The molecule has 134 valence electrons. The summed E-state index contributed by atoms with van der Waals surface area (Å²) in [6.45, 7) is 3.47. The second-order valence-corrected chi connectivity index (χ2v) is 6.32. The molecule has 3 rings (SSSR count). The highest BCUT2D eigenvalue weighted by atomic mass is 16.5. The summed E-state index contributed by atoms with van der Waals surface area (Å²) in [5.41, 5.74) is 1.66. The number of amides is 1. The van der Waals surface area contributed by atoms with Gasteiger partial charge >= 0.3 is 0 Å². The van der Waals surface area contributed by atoms with Crippen molar-refractivity contribution >= 4 is 11.6 Å². The van der Waals surface area contributed by atoms with Crippen LogP contribution in [0, 0.1) is 0 Å². The van der Waals surface area contributed by atoms with E-state index < -0.39 is 0 Å². The van der Waals surface area contributed by atoms with Crippen LogP contribution in [0.1, 0.15) is 22.2 Å². The van der Waals surface area contributed by atoms with Crippen molar-refractivity contribution in [1.29, 1.82) is 0 Å². The number of nitrogens with zero attached hydrogens (tertiary/aromatic N) is 2. The van der Waals surface area contributed by atoms with Gasteiger partial charge in [-0.25, -0.2) is 0 Å². The molecule has 1 aromatic heterocycles. The van der Waals surface area contributed by atoms with Crippen LogP contribution in [0.15, 0.2) is 47.1 Å². The fourth-order valence-corrected chi connectivity index (χ4v) is 3.05. The number of anilines is 1.